The van der Waals surface area contributed by atoms with E-state index < -0.39 is 0 Å². The molecule has 2 rings (SSSR count). The Balaban J connectivity index is 2.24. The summed E-state index contributed by atoms with van der Waals surface area (Å²) >= 11 is 1.33. The number of rotatable bonds is 3. The molecule has 1 aliphatic rings. The van der Waals surface area contributed by atoms with Crippen LogP contribution in [0.2, 0.25) is 0 Å². The third-order valence-corrected chi connectivity index (χ3v) is 3.35. The van der Waals surface area contributed by atoms with Crippen LogP contribution in [0.15, 0.2) is 0 Å². The number of aromatic nitrogens is 1. The molecule has 4 heteroatoms. The van der Waals surface area contributed by atoms with Gasteiger partial charge in [-0.05, 0) is 19.8 Å². The molecular formula is C9H11NO2S. The Morgan fingerprint density at radius 3 is 2.85 bits per heavy atom. The van der Waals surface area contributed by atoms with Crippen molar-refractivity contribution in [2.75, 3.05) is 0 Å². The number of Topliss-reactive ketones (excluding diaryl/α,β-unsaturated/α-hetero) is 1. The predicted octanol–water partition coefficient (Wildman–Crippen LogP) is 1.54. The number of carbonyl (C=O) groups is 1. The Morgan fingerprint density at radius 2 is 2.38 bits per heavy atom. The lowest BCUT2D eigenvalue weighted by atomic mass is 10.3. The zero-order valence-corrected chi connectivity index (χ0v) is 8.23. The van der Waals surface area contributed by atoms with Gasteiger partial charge < -0.3 is 5.11 Å². The molecule has 1 heterocycles. The van der Waals surface area contributed by atoms with Crippen molar-refractivity contribution in [3.63, 3.8) is 0 Å². The number of aliphatic hydroxyl groups excluding tert-OH is 1. The SMILES string of the molecule is Cc1nc(C(=O)C2CC2)sc1CO. The van der Waals surface area contributed by atoms with E-state index in [0.717, 1.165) is 23.4 Å². The van der Waals surface area contributed by atoms with E-state index >= 15 is 0 Å². The highest BCUT2D eigenvalue weighted by Crippen LogP contribution is 2.34. The molecule has 0 unspecified atom stereocenters. The minimum absolute atomic E-state index is 0.0125. The molecule has 13 heavy (non-hydrogen) atoms. The summed E-state index contributed by atoms with van der Waals surface area (Å²) in [5.41, 5.74) is 0.788. The van der Waals surface area contributed by atoms with Gasteiger partial charge in [-0.3, -0.25) is 4.79 Å². The number of thiazole rings is 1. The summed E-state index contributed by atoms with van der Waals surface area (Å²) in [5, 5.41) is 9.50. The van der Waals surface area contributed by atoms with Gasteiger partial charge in [-0.15, -0.1) is 11.3 Å². The summed E-state index contributed by atoms with van der Waals surface area (Å²) in [5.74, 6) is 0.380. The van der Waals surface area contributed by atoms with Gasteiger partial charge in [0.15, 0.2) is 10.8 Å². The second-order valence-corrected chi connectivity index (χ2v) is 4.41. The number of ketones is 1. The molecule has 0 spiro atoms. The van der Waals surface area contributed by atoms with Crippen molar-refractivity contribution in [2.24, 2.45) is 5.92 Å². The summed E-state index contributed by atoms with van der Waals surface area (Å²) in [6.07, 6.45) is 2.01. The fraction of sp³-hybridized carbons (Fsp3) is 0.556. The van der Waals surface area contributed by atoms with Gasteiger partial charge in [-0.1, -0.05) is 0 Å². The van der Waals surface area contributed by atoms with Gasteiger partial charge in [0, 0.05) is 5.92 Å². The molecule has 1 N–H and O–H groups in total. The standard InChI is InChI=1S/C9H11NO2S/c1-5-7(4-11)13-9(10-5)8(12)6-2-3-6/h6,11H,2-4H2,1H3. The predicted molar refractivity (Wildman–Crippen MR) is 49.8 cm³/mol. The van der Waals surface area contributed by atoms with Gasteiger partial charge in [0.25, 0.3) is 0 Å². The highest BCUT2D eigenvalue weighted by atomic mass is 32.1. The highest BCUT2D eigenvalue weighted by molar-refractivity contribution is 7.13. The van der Waals surface area contributed by atoms with Crippen LogP contribution in [0.25, 0.3) is 0 Å². The normalized spacial score (nSPS) is 16.2. The molecule has 0 bridgehead atoms. The maximum Gasteiger partial charge on any atom is 0.194 e. The number of carbonyl (C=O) groups excluding carboxylic acids is 1. The summed E-state index contributed by atoms with van der Waals surface area (Å²) < 4.78 is 0. The average Bonchev–Trinajstić information content (AvgIpc) is 2.89. The molecule has 0 radical (unpaired) electrons. The molecule has 0 atom stereocenters. The number of nitrogens with zero attached hydrogens (tertiary/aromatic N) is 1. The van der Waals surface area contributed by atoms with E-state index in [4.69, 9.17) is 5.11 Å². The lowest BCUT2D eigenvalue weighted by Gasteiger charge is -1.88. The van der Waals surface area contributed by atoms with Gasteiger partial charge in [0.2, 0.25) is 0 Å². The molecule has 1 aromatic heterocycles. The second kappa shape index (κ2) is 3.20. The third-order valence-electron chi connectivity index (χ3n) is 2.20. The van der Waals surface area contributed by atoms with Crippen LogP contribution in [-0.2, 0) is 6.61 Å². The fourth-order valence-electron chi connectivity index (χ4n) is 1.20. The first-order valence-electron chi connectivity index (χ1n) is 4.33. The topological polar surface area (TPSA) is 50.2 Å². The second-order valence-electron chi connectivity index (χ2n) is 3.32. The Labute approximate surface area is 80.4 Å². The molecule has 70 valence electrons. The van der Waals surface area contributed by atoms with Gasteiger partial charge in [-0.2, -0.15) is 0 Å². The monoisotopic (exact) mass is 197 g/mol. The maximum absolute atomic E-state index is 11.6. The first-order chi connectivity index (χ1) is 6.22. The Bertz CT molecular complexity index is 341. The molecule has 3 nitrogen and oxygen atoms in total. The van der Waals surface area contributed by atoms with Gasteiger partial charge in [0.05, 0.1) is 17.2 Å². The average molecular weight is 197 g/mol. The first kappa shape index (κ1) is 8.84. The van der Waals surface area contributed by atoms with Gasteiger partial charge >= 0.3 is 0 Å². The Morgan fingerprint density at radius 1 is 1.69 bits per heavy atom. The fourth-order valence-corrected chi connectivity index (χ4v) is 2.14. The third kappa shape index (κ3) is 1.64. The van der Waals surface area contributed by atoms with E-state index in [2.05, 4.69) is 4.98 Å². The summed E-state index contributed by atoms with van der Waals surface area (Å²) in [7, 11) is 0. The molecule has 0 amide bonds. The summed E-state index contributed by atoms with van der Waals surface area (Å²) in [6.45, 7) is 1.81. The van der Waals surface area contributed by atoms with Crippen molar-refractivity contribution in [2.45, 2.75) is 26.4 Å². The van der Waals surface area contributed by atoms with E-state index in [1.165, 1.54) is 11.3 Å². The number of aliphatic hydroxyl groups is 1. The lowest BCUT2D eigenvalue weighted by Crippen LogP contribution is -1.99. The quantitative estimate of drug-likeness (QED) is 0.748. The van der Waals surface area contributed by atoms with Gasteiger partial charge in [-0.25, -0.2) is 4.98 Å². The van der Waals surface area contributed by atoms with Crippen LogP contribution in [0.3, 0.4) is 0 Å². The molecule has 1 aromatic rings. The Kier molecular flexibility index (Phi) is 2.17. The van der Waals surface area contributed by atoms with Crippen molar-refractivity contribution in [1.29, 1.82) is 0 Å². The molecule has 0 saturated heterocycles. The minimum atomic E-state index is -0.0125. The summed E-state index contributed by atoms with van der Waals surface area (Å²) in [4.78, 5) is 16.5. The van der Waals surface area contributed by atoms with Crippen LogP contribution >= 0.6 is 11.3 Å². The van der Waals surface area contributed by atoms with Crippen LogP contribution in [0, 0.1) is 12.8 Å². The van der Waals surface area contributed by atoms with Gasteiger partial charge in [0.1, 0.15) is 0 Å². The van der Waals surface area contributed by atoms with Crippen molar-refractivity contribution in [1.82, 2.24) is 4.98 Å². The molecule has 1 saturated carbocycles. The van der Waals surface area contributed by atoms with Crippen LogP contribution in [0.4, 0.5) is 0 Å². The van der Waals surface area contributed by atoms with E-state index in [1.807, 2.05) is 6.92 Å². The lowest BCUT2D eigenvalue weighted by molar-refractivity contribution is 0.0967. The van der Waals surface area contributed by atoms with E-state index in [1.54, 1.807) is 0 Å². The summed E-state index contributed by atoms with van der Waals surface area (Å²) in [6, 6.07) is 0. The Hall–Kier alpha value is -0.740. The zero-order chi connectivity index (χ0) is 9.42. The molecule has 1 fully saturated rings. The highest BCUT2D eigenvalue weighted by Gasteiger charge is 2.32. The van der Waals surface area contributed by atoms with Crippen LogP contribution in [0.1, 0.15) is 33.2 Å². The smallest absolute Gasteiger partial charge is 0.194 e. The van der Waals surface area contributed by atoms with E-state index in [-0.39, 0.29) is 18.3 Å². The number of aryl methyl sites for hydroxylation is 1. The van der Waals surface area contributed by atoms with Crippen LogP contribution in [-0.4, -0.2) is 15.9 Å². The van der Waals surface area contributed by atoms with E-state index in [0.29, 0.717) is 5.01 Å². The van der Waals surface area contributed by atoms with Crippen molar-refractivity contribution < 1.29 is 9.90 Å². The number of hydrogen-bond acceptors (Lipinski definition) is 4. The minimum Gasteiger partial charge on any atom is -0.391 e. The number of hydrogen-bond donors (Lipinski definition) is 1. The van der Waals surface area contributed by atoms with Crippen LogP contribution < -0.4 is 0 Å². The van der Waals surface area contributed by atoms with E-state index in [9.17, 15) is 4.79 Å². The molecular weight excluding hydrogens is 186 g/mol. The molecule has 0 aliphatic heterocycles. The van der Waals surface area contributed by atoms with Crippen LogP contribution in [0.5, 0.6) is 0 Å². The molecule has 1 aliphatic carbocycles. The zero-order valence-electron chi connectivity index (χ0n) is 7.41. The largest absolute Gasteiger partial charge is 0.391 e. The van der Waals surface area contributed by atoms with Crippen molar-refractivity contribution in [3.05, 3.63) is 15.6 Å². The first-order valence-corrected chi connectivity index (χ1v) is 5.15. The van der Waals surface area contributed by atoms with Crippen molar-refractivity contribution >= 4 is 17.1 Å². The van der Waals surface area contributed by atoms with Crippen molar-refractivity contribution in [3.8, 4) is 0 Å². The molecule has 0 aromatic carbocycles. The maximum atomic E-state index is 11.6.